The SMILES string of the molecule is COc1ccccc1N1C(=O)/C(=C\c2ccc(-c3cccc(C(=O)[O-])c3C)o2)C(=O)NC1=S. The van der Waals surface area contributed by atoms with Crippen molar-refractivity contribution in [3.8, 4) is 17.1 Å². The molecular formula is C24H17N2O6S-. The lowest BCUT2D eigenvalue weighted by atomic mass is 10.0. The van der Waals surface area contributed by atoms with E-state index in [1.807, 2.05) is 0 Å². The van der Waals surface area contributed by atoms with Crippen LogP contribution in [0.2, 0.25) is 0 Å². The molecule has 1 saturated heterocycles. The first-order valence-electron chi connectivity index (χ1n) is 9.77. The van der Waals surface area contributed by atoms with E-state index in [2.05, 4.69) is 5.32 Å². The number of nitrogens with one attached hydrogen (secondary N) is 1. The maximum absolute atomic E-state index is 13.2. The molecule has 8 nitrogen and oxygen atoms in total. The molecule has 166 valence electrons. The summed E-state index contributed by atoms with van der Waals surface area (Å²) in [6.45, 7) is 1.64. The highest BCUT2D eigenvalue weighted by Gasteiger charge is 2.36. The molecule has 0 atom stereocenters. The van der Waals surface area contributed by atoms with E-state index >= 15 is 0 Å². The van der Waals surface area contributed by atoms with Crippen LogP contribution in [0.15, 0.2) is 64.6 Å². The summed E-state index contributed by atoms with van der Waals surface area (Å²) in [5.74, 6) is -1.57. The number of benzene rings is 2. The molecule has 3 aromatic rings. The van der Waals surface area contributed by atoms with E-state index < -0.39 is 17.8 Å². The van der Waals surface area contributed by atoms with Crippen molar-refractivity contribution in [2.75, 3.05) is 12.0 Å². The zero-order valence-corrected chi connectivity index (χ0v) is 18.4. The summed E-state index contributed by atoms with van der Waals surface area (Å²) in [6, 6.07) is 14.7. The molecule has 33 heavy (non-hydrogen) atoms. The molecule has 1 N–H and O–H groups in total. The average molecular weight is 461 g/mol. The predicted molar refractivity (Wildman–Crippen MR) is 122 cm³/mol. The topological polar surface area (TPSA) is 112 Å². The molecular weight excluding hydrogens is 444 g/mol. The van der Waals surface area contributed by atoms with Crippen LogP contribution in [0.4, 0.5) is 5.69 Å². The zero-order valence-electron chi connectivity index (χ0n) is 17.6. The number of para-hydroxylation sites is 2. The number of carbonyl (C=O) groups excluding carboxylic acids is 3. The minimum absolute atomic E-state index is 0.0478. The van der Waals surface area contributed by atoms with Gasteiger partial charge in [-0.3, -0.25) is 14.9 Å². The number of rotatable bonds is 5. The fourth-order valence-electron chi connectivity index (χ4n) is 3.53. The van der Waals surface area contributed by atoms with Crippen molar-refractivity contribution < 1.29 is 28.6 Å². The Labute approximate surface area is 194 Å². The third kappa shape index (κ3) is 4.01. The number of ether oxygens (including phenoxy) is 1. The van der Waals surface area contributed by atoms with Crippen LogP contribution in [0.3, 0.4) is 0 Å². The molecule has 4 rings (SSSR count). The van der Waals surface area contributed by atoms with Crippen LogP contribution >= 0.6 is 12.2 Å². The van der Waals surface area contributed by atoms with Gasteiger partial charge in [-0.1, -0.05) is 30.3 Å². The van der Waals surface area contributed by atoms with Crippen molar-refractivity contribution in [2.45, 2.75) is 6.92 Å². The fraction of sp³-hybridized carbons (Fsp3) is 0.0833. The van der Waals surface area contributed by atoms with Gasteiger partial charge < -0.3 is 19.1 Å². The summed E-state index contributed by atoms with van der Waals surface area (Å²) in [7, 11) is 1.47. The Morgan fingerprint density at radius 3 is 2.61 bits per heavy atom. The number of hydrogen-bond donors (Lipinski definition) is 1. The van der Waals surface area contributed by atoms with Crippen LogP contribution in [-0.4, -0.2) is 30.0 Å². The van der Waals surface area contributed by atoms with E-state index in [-0.39, 0.29) is 22.0 Å². The van der Waals surface area contributed by atoms with Crippen molar-refractivity contribution >= 4 is 46.9 Å². The van der Waals surface area contributed by atoms with Crippen molar-refractivity contribution in [2.24, 2.45) is 0 Å². The molecule has 9 heteroatoms. The molecule has 1 fully saturated rings. The van der Waals surface area contributed by atoms with Gasteiger partial charge >= 0.3 is 0 Å². The first-order chi connectivity index (χ1) is 15.8. The molecule has 2 aromatic carbocycles. The quantitative estimate of drug-likeness (QED) is 0.353. The average Bonchev–Trinajstić information content (AvgIpc) is 3.25. The molecule has 1 aliphatic rings. The second kappa shape index (κ2) is 8.71. The molecule has 0 bridgehead atoms. The lowest BCUT2D eigenvalue weighted by molar-refractivity contribution is -0.255. The van der Waals surface area contributed by atoms with E-state index in [9.17, 15) is 19.5 Å². The van der Waals surface area contributed by atoms with Gasteiger partial charge in [0.2, 0.25) is 0 Å². The number of carboxylic acids is 1. The summed E-state index contributed by atoms with van der Waals surface area (Å²) in [4.78, 5) is 38.2. The smallest absolute Gasteiger partial charge is 0.270 e. The van der Waals surface area contributed by atoms with E-state index in [1.165, 1.54) is 24.2 Å². The fourth-order valence-corrected chi connectivity index (χ4v) is 3.81. The molecule has 0 spiro atoms. The molecule has 0 unspecified atom stereocenters. The highest BCUT2D eigenvalue weighted by molar-refractivity contribution is 7.80. The zero-order chi connectivity index (χ0) is 23.7. The Kier molecular flexibility index (Phi) is 5.80. The number of anilines is 1. The Hall–Kier alpha value is -4.24. The van der Waals surface area contributed by atoms with Crippen molar-refractivity contribution in [3.05, 3.63) is 77.1 Å². The number of nitrogens with zero attached hydrogens (tertiary/aromatic N) is 1. The van der Waals surface area contributed by atoms with Gasteiger partial charge in [-0.2, -0.15) is 0 Å². The number of thiocarbonyl (C=S) groups is 1. The van der Waals surface area contributed by atoms with Crippen LogP contribution in [0.5, 0.6) is 5.75 Å². The van der Waals surface area contributed by atoms with Gasteiger partial charge in [0.1, 0.15) is 22.8 Å². The van der Waals surface area contributed by atoms with Crippen LogP contribution in [0.25, 0.3) is 17.4 Å². The lowest BCUT2D eigenvalue weighted by Gasteiger charge is -2.29. The Balaban J connectivity index is 1.71. The second-order valence-electron chi connectivity index (χ2n) is 7.10. The number of carbonyl (C=O) groups is 3. The second-order valence-corrected chi connectivity index (χ2v) is 7.48. The molecule has 0 radical (unpaired) electrons. The summed E-state index contributed by atoms with van der Waals surface area (Å²) >= 11 is 5.22. The maximum Gasteiger partial charge on any atom is 0.270 e. The summed E-state index contributed by atoms with van der Waals surface area (Å²) in [5.41, 5.74) is 1.28. The van der Waals surface area contributed by atoms with E-state index in [0.29, 0.717) is 28.3 Å². The number of methoxy groups -OCH3 is 1. The largest absolute Gasteiger partial charge is 0.545 e. The molecule has 2 heterocycles. The van der Waals surface area contributed by atoms with E-state index in [0.717, 1.165) is 0 Å². The third-order valence-corrected chi connectivity index (χ3v) is 5.44. The Bertz CT molecular complexity index is 1340. The predicted octanol–water partition coefficient (Wildman–Crippen LogP) is 2.46. The first-order valence-corrected chi connectivity index (χ1v) is 10.2. The minimum Gasteiger partial charge on any atom is -0.545 e. The highest BCUT2D eigenvalue weighted by atomic mass is 32.1. The summed E-state index contributed by atoms with van der Waals surface area (Å²) < 4.78 is 11.1. The highest BCUT2D eigenvalue weighted by Crippen LogP contribution is 2.32. The van der Waals surface area contributed by atoms with Crippen LogP contribution in [0.1, 0.15) is 21.7 Å². The molecule has 1 aromatic heterocycles. The van der Waals surface area contributed by atoms with Crippen molar-refractivity contribution in [1.82, 2.24) is 5.32 Å². The number of carboxylic acid groups (broad SMARTS) is 1. The van der Waals surface area contributed by atoms with Crippen molar-refractivity contribution in [1.29, 1.82) is 0 Å². The molecule has 1 aliphatic heterocycles. The number of amides is 2. The number of aromatic carboxylic acids is 1. The van der Waals surface area contributed by atoms with Crippen molar-refractivity contribution in [3.63, 3.8) is 0 Å². The van der Waals surface area contributed by atoms with Crippen LogP contribution in [0, 0.1) is 6.92 Å². The normalized spacial score (nSPS) is 15.0. The van der Waals surface area contributed by atoms with Gasteiger partial charge in [0.15, 0.2) is 5.11 Å². The Morgan fingerprint density at radius 2 is 1.88 bits per heavy atom. The summed E-state index contributed by atoms with van der Waals surface area (Å²) in [6.07, 6.45) is 1.31. The summed E-state index contributed by atoms with van der Waals surface area (Å²) in [5, 5.41) is 13.7. The van der Waals surface area contributed by atoms with Gasteiger partial charge in [-0.15, -0.1) is 0 Å². The maximum atomic E-state index is 13.2. The first kappa shape index (κ1) is 22.0. The monoisotopic (exact) mass is 461 g/mol. The van der Waals surface area contributed by atoms with Gasteiger partial charge in [0.25, 0.3) is 11.8 Å². The van der Waals surface area contributed by atoms with Gasteiger partial charge in [-0.05, 0) is 55.0 Å². The van der Waals surface area contributed by atoms with Gasteiger partial charge in [0.05, 0.1) is 18.8 Å². The molecule has 0 aliphatic carbocycles. The lowest BCUT2D eigenvalue weighted by Crippen LogP contribution is -2.54. The number of hydrogen-bond acceptors (Lipinski definition) is 7. The Morgan fingerprint density at radius 1 is 1.12 bits per heavy atom. The standard InChI is InChI=1S/C24H18N2O6S/c1-13-15(6-5-7-16(13)23(29)30)19-11-10-14(32-19)12-17-21(27)25-24(33)26(22(17)28)18-8-3-4-9-20(18)31-2/h3-12H,1-2H3,(H,29,30)(H,25,27,33)/p-1/b17-12-. The molecule has 0 saturated carbocycles. The van der Waals surface area contributed by atoms with Crippen LogP contribution in [-0.2, 0) is 9.59 Å². The van der Waals surface area contributed by atoms with Gasteiger partial charge in [0, 0.05) is 11.1 Å². The molecule has 2 amide bonds. The van der Waals surface area contributed by atoms with Crippen LogP contribution < -0.4 is 20.1 Å². The van der Waals surface area contributed by atoms with E-state index in [1.54, 1.807) is 55.5 Å². The third-order valence-electron chi connectivity index (χ3n) is 5.16. The minimum atomic E-state index is -1.29. The van der Waals surface area contributed by atoms with E-state index in [4.69, 9.17) is 21.4 Å². The van der Waals surface area contributed by atoms with Gasteiger partial charge in [-0.25, -0.2) is 4.90 Å². The number of furan rings is 1.